The zero-order chi connectivity index (χ0) is 16.4. The number of aliphatic hydroxyl groups is 1. The summed E-state index contributed by atoms with van der Waals surface area (Å²) in [5.41, 5.74) is 1.16. The zero-order valence-corrected chi connectivity index (χ0v) is 12.8. The molecule has 0 atom stereocenters. The summed E-state index contributed by atoms with van der Waals surface area (Å²) < 4.78 is 34.3. The fourth-order valence-electron chi connectivity index (χ4n) is 3.11. The van der Waals surface area contributed by atoms with Gasteiger partial charge in [0.05, 0.1) is 18.9 Å². The van der Waals surface area contributed by atoms with E-state index in [0.29, 0.717) is 19.3 Å². The van der Waals surface area contributed by atoms with Crippen molar-refractivity contribution in [3.63, 3.8) is 0 Å². The molecule has 1 aliphatic heterocycles. The largest absolute Gasteiger partial charge is 0.493 e. The summed E-state index contributed by atoms with van der Waals surface area (Å²) >= 11 is 0. The van der Waals surface area contributed by atoms with E-state index in [4.69, 9.17) is 9.57 Å². The Bertz CT molecular complexity index is 598. The summed E-state index contributed by atoms with van der Waals surface area (Å²) in [7, 11) is 1.40. The average molecular weight is 327 g/mol. The molecule has 7 heteroatoms. The topological polar surface area (TPSA) is 60.3 Å². The van der Waals surface area contributed by atoms with E-state index in [1.165, 1.54) is 13.2 Å². The van der Waals surface area contributed by atoms with Gasteiger partial charge in [0.25, 0.3) is 0 Å². The Kier molecular flexibility index (Phi) is 4.39. The highest BCUT2D eigenvalue weighted by Gasteiger charge is 2.42. The van der Waals surface area contributed by atoms with Gasteiger partial charge in [0.1, 0.15) is 5.60 Å². The standard InChI is InChI=1S/C16H19F2NO4/c1-21-14-8-10(2-3-13(14)22-15(17)18)12-9-16(23-19-12)6-4-11(20)5-7-16/h2-3,8,11,15,20H,4-7,9H2,1H3. The maximum absolute atomic E-state index is 12.4. The summed E-state index contributed by atoms with van der Waals surface area (Å²) in [5, 5.41) is 13.8. The van der Waals surface area contributed by atoms with E-state index in [1.54, 1.807) is 12.1 Å². The van der Waals surface area contributed by atoms with Crippen molar-refractivity contribution in [3.05, 3.63) is 23.8 Å². The third kappa shape index (κ3) is 3.39. The quantitative estimate of drug-likeness (QED) is 0.923. The number of methoxy groups -OCH3 is 1. The lowest BCUT2D eigenvalue weighted by atomic mass is 9.79. The molecule has 1 spiro atoms. The van der Waals surface area contributed by atoms with E-state index in [1.807, 2.05) is 0 Å². The molecule has 1 aliphatic carbocycles. The summed E-state index contributed by atoms with van der Waals surface area (Å²) in [6.07, 6.45) is 3.29. The molecular weight excluding hydrogens is 308 g/mol. The Morgan fingerprint density at radius 3 is 2.70 bits per heavy atom. The third-order valence-corrected chi connectivity index (χ3v) is 4.42. The van der Waals surface area contributed by atoms with Crippen molar-refractivity contribution in [2.75, 3.05) is 7.11 Å². The number of halogens is 2. The molecule has 2 aliphatic rings. The number of oxime groups is 1. The second-order valence-electron chi connectivity index (χ2n) is 5.96. The predicted octanol–water partition coefficient (Wildman–Crippen LogP) is 3.09. The molecule has 0 unspecified atom stereocenters. The van der Waals surface area contributed by atoms with Gasteiger partial charge >= 0.3 is 6.61 Å². The Morgan fingerprint density at radius 1 is 1.30 bits per heavy atom. The van der Waals surface area contributed by atoms with Gasteiger partial charge in [0.2, 0.25) is 0 Å². The van der Waals surface area contributed by atoms with E-state index in [2.05, 4.69) is 9.89 Å². The lowest BCUT2D eigenvalue weighted by Gasteiger charge is -2.32. The normalized spacial score (nSPS) is 27.0. The fraction of sp³-hybridized carbons (Fsp3) is 0.562. The SMILES string of the molecule is COc1cc(C2=NOC3(CCC(O)CC3)C2)ccc1OC(F)F. The molecule has 0 saturated heterocycles. The molecule has 1 aromatic rings. The number of ether oxygens (including phenoxy) is 2. The van der Waals surface area contributed by atoms with Crippen LogP contribution in [0.5, 0.6) is 11.5 Å². The first-order chi connectivity index (χ1) is 11.0. The number of alkyl halides is 2. The van der Waals surface area contributed by atoms with Crippen LogP contribution in [0.3, 0.4) is 0 Å². The lowest BCUT2D eigenvalue weighted by Crippen LogP contribution is -2.36. The Balaban J connectivity index is 1.75. The maximum Gasteiger partial charge on any atom is 0.387 e. The van der Waals surface area contributed by atoms with Gasteiger partial charge in [-0.05, 0) is 43.9 Å². The third-order valence-electron chi connectivity index (χ3n) is 4.42. The van der Waals surface area contributed by atoms with Gasteiger partial charge in [0, 0.05) is 12.0 Å². The number of rotatable bonds is 4. The van der Waals surface area contributed by atoms with Crippen LogP contribution >= 0.6 is 0 Å². The first-order valence-corrected chi connectivity index (χ1v) is 7.58. The summed E-state index contributed by atoms with van der Waals surface area (Å²) in [5.74, 6) is 0.215. The van der Waals surface area contributed by atoms with E-state index >= 15 is 0 Å². The van der Waals surface area contributed by atoms with Crippen molar-refractivity contribution in [3.8, 4) is 11.5 Å². The van der Waals surface area contributed by atoms with Crippen LogP contribution in [0.2, 0.25) is 0 Å². The highest BCUT2D eigenvalue weighted by molar-refractivity contribution is 6.02. The van der Waals surface area contributed by atoms with Crippen molar-refractivity contribution in [2.24, 2.45) is 5.16 Å². The van der Waals surface area contributed by atoms with Gasteiger partial charge in [-0.15, -0.1) is 0 Å². The highest BCUT2D eigenvalue weighted by Crippen LogP contribution is 2.40. The molecule has 0 radical (unpaired) electrons. The van der Waals surface area contributed by atoms with Gasteiger partial charge in [-0.2, -0.15) is 8.78 Å². The molecule has 1 N–H and O–H groups in total. The first kappa shape index (κ1) is 16.0. The molecular formula is C16H19F2NO4. The van der Waals surface area contributed by atoms with E-state index in [-0.39, 0.29) is 23.2 Å². The Hall–Kier alpha value is -1.89. The first-order valence-electron chi connectivity index (χ1n) is 7.58. The van der Waals surface area contributed by atoms with Crippen LogP contribution < -0.4 is 9.47 Å². The summed E-state index contributed by atoms with van der Waals surface area (Å²) in [6.45, 7) is -2.90. The molecule has 0 amide bonds. The summed E-state index contributed by atoms with van der Waals surface area (Å²) in [4.78, 5) is 5.65. The monoisotopic (exact) mass is 327 g/mol. The van der Waals surface area contributed by atoms with Crippen LogP contribution in [0.15, 0.2) is 23.4 Å². The van der Waals surface area contributed by atoms with Crippen LogP contribution in [-0.2, 0) is 4.84 Å². The van der Waals surface area contributed by atoms with Crippen LogP contribution in [0, 0.1) is 0 Å². The van der Waals surface area contributed by atoms with Gasteiger partial charge < -0.3 is 19.4 Å². The van der Waals surface area contributed by atoms with Crippen LogP contribution in [-0.4, -0.2) is 36.2 Å². The fourth-order valence-corrected chi connectivity index (χ4v) is 3.11. The minimum atomic E-state index is -2.90. The number of aliphatic hydroxyl groups excluding tert-OH is 1. The second kappa shape index (κ2) is 6.31. The Morgan fingerprint density at radius 2 is 2.04 bits per heavy atom. The van der Waals surface area contributed by atoms with Gasteiger partial charge in [-0.25, -0.2) is 0 Å². The summed E-state index contributed by atoms with van der Waals surface area (Å²) in [6, 6.07) is 4.73. The number of nitrogens with zero attached hydrogens (tertiary/aromatic N) is 1. The van der Waals surface area contributed by atoms with E-state index in [9.17, 15) is 13.9 Å². The molecule has 1 aromatic carbocycles. The molecule has 5 nitrogen and oxygen atoms in total. The molecule has 1 fully saturated rings. The molecule has 3 rings (SSSR count). The maximum atomic E-state index is 12.4. The van der Waals surface area contributed by atoms with Crippen LogP contribution in [0.4, 0.5) is 8.78 Å². The van der Waals surface area contributed by atoms with E-state index in [0.717, 1.165) is 24.1 Å². The molecule has 0 bridgehead atoms. The van der Waals surface area contributed by atoms with Gasteiger partial charge in [-0.1, -0.05) is 5.16 Å². The molecule has 1 heterocycles. The Labute approximate surface area is 132 Å². The minimum absolute atomic E-state index is 0.0127. The number of benzene rings is 1. The lowest BCUT2D eigenvalue weighted by molar-refractivity contribution is -0.0676. The van der Waals surface area contributed by atoms with Crippen molar-refractivity contribution in [1.29, 1.82) is 0 Å². The number of hydrogen-bond donors (Lipinski definition) is 1. The van der Waals surface area contributed by atoms with Crippen molar-refractivity contribution >= 4 is 5.71 Å². The van der Waals surface area contributed by atoms with Gasteiger partial charge in [-0.3, -0.25) is 0 Å². The molecule has 23 heavy (non-hydrogen) atoms. The van der Waals surface area contributed by atoms with Crippen LogP contribution in [0.25, 0.3) is 0 Å². The van der Waals surface area contributed by atoms with E-state index < -0.39 is 6.61 Å². The smallest absolute Gasteiger partial charge is 0.387 e. The van der Waals surface area contributed by atoms with Gasteiger partial charge in [0.15, 0.2) is 11.5 Å². The van der Waals surface area contributed by atoms with Crippen LogP contribution in [0.1, 0.15) is 37.7 Å². The zero-order valence-electron chi connectivity index (χ0n) is 12.8. The predicted molar refractivity (Wildman–Crippen MR) is 79.1 cm³/mol. The molecule has 0 aromatic heterocycles. The van der Waals surface area contributed by atoms with Crippen molar-refractivity contribution < 1.29 is 28.2 Å². The average Bonchev–Trinajstić information content (AvgIpc) is 2.94. The molecule has 126 valence electrons. The second-order valence-corrected chi connectivity index (χ2v) is 5.96. The highest BCUT2D eigenvalue weighted by atomic mass is 19.3. The molecule has 1 saturated carbocycles. The minimum Gasteiger partial charge on any atom is -0.493 e. The number of hydrogen-bond acceptors (Lipinski definition) is 5. The van der Waals surface area contributed by atoms with Crippen molar-refractivity contribution in [2.45, 2.75) is 50.4 Å². The van der Waals surface area contributed by atoms with Crippen molar-refractivity contribution in [1.82, 2.24) is 0 Å².